The van der Waals surface area contributed by atoms with Gasteiger partial charge in [0.15, 0.2) is 0 Å². The standard InChI is InChI=1S/C18H36O2.2C5H14NO.ClH/c1-2-3-4-5-6-7-8-9-10-11-12-13-14-15-16-17-18(19)20;2*1-6(2,3)4-5-7;/h2-17H2,1H3,(H,19,20);2*7H,4-5H2,1-3H3;1H/q;2*+1;/p-2. The lowest BCUT2D eigenvalue weighted by Gasteiger charge is -2.21. The van der Waals surface area contributed by atoms with Crippen molar-refractivity contribution in [2.24, 2.45) is 0 Å². The van der Waals surface area contributed by atoms with Crippen LogP contribution in [0.15, 0.2) is 0 Å². The smallest absolute Gasteiger partial charge is 0.101 e. The molecule has 0 saturated heterocycles. The van der Waals surface area contributed by atoms with E-state index in [1.807, 2.05) is 0 Å². The van der Waals surface area contributed by atoms with Gasteiger partial charge in [0, 0.05) is 5.97 Å². The molecule has 216 valence electrons. The first-order chi connectivity index (χ1) is 15.9. The zero-order chi connectivity index (χ0) is 26.7. The van der Waals surface area contributed by atoms with Crippen molar-refractivity contribution in [3.05, 3.63) is 0 Å². The molecule has 0 spiro atoms. The Morgan fingerprint density at radius 3 is 1.00 bits per heavy atom. The van der Waals surface area contributed by atoms with Crippen molar-refractivity contribution in [3.63, 3.8) is 0 Å². The van der Waals surface area contributed by atoms with E-state index in [4.69, 9.17) is 10.2 Å². The third-order valence-electron chi connectivity index (χ3n) is 5.53. The van der Waals surface area contributed by atoms with E-state index in [0.29, 0.717) is 0 Å². The Morgan fingerprint density at radius 1 is 0.571 bits per heavy atom. The van der Waals surface area contributed by atoms with Crippen molar-refractivity contribution < 1.29 is 41.5 Å². The van der Waals surface area contributed by atoms with E-state index in [2.05, 4.69) is 49.2 Å². The molecular weight excluding hydrogens is 464 g/mol. The van der Waals surface area contributed by atoms with Crippen LogP contribution in [0.4, 0.5) is 0 Å². The summed E-state index contributed by atoms with van der Waals surface area (Å²) in [6, 6.07) is 0. The van der Waals surface area contributed by atoms with Crippen molar-refractivity contribution >= 4 is 5.97 Å². The highest BCUT2D eigenvalue weighted by atomic mass is 35.5. The van der Waals surface area contributed by atoms with Crippen molar-refractivity contribution in [1.82, 2.24) is 0 Å². The van der Waals surface area contributed by atoms with Gasteiger partial charge >= 0.3 is 0 Å². The average Bonchev–Trinajstić information content (AvgIpc) is 2.70. The van der Waals surface area contributed by atoms with E-state index in [1.165, 1.54) is 83.5 Å². The Labute approximate surface area is 225 Å². The molecule has 0 unspecified atom stereocenters. The van der Waals surface area contributed by atoms with Crippen LogP contribution in [-0.2, 0) is 4.79 Å². The normalized spacial score (nSPS) is 11.0. The number of aliphatic carboxylic acids is 1. The minimum Gasteiger partial charge on any atom is -1.00 e. The number of rotatable bonds is 20. The van der Waals surface area contributed by atoms with Gasteiger partial charge < -0.3 is 41.5 Å². The molecule has 0 rings (SSSR count). The van der Waals surface area contributed by atoms with Gasteiger partial charge in [-0.05, 0) is 12.8 Å². The molecule has 0 aromatic rings. The molecule has 0 aliphatic carbocycles. The molecule has 0 atom stereocenters. The summed E-state index contributed by atoms with van der Waals surface area (Å²) in [6.45, 7) is 4.50. The highest BCUT2D eigenvalue weighted by Gasteiger charge is 2.03. The summed E-state index contributed by atoms with van der Waals surface area (Å²) in [4.78, 5) is 10.2. The fourth-order valence-electron chi connectivity index (χ4n) is 3.24. The SMILES string of the molecule is CCCCCCCCCCCCCCCCCC(=O)[O-].C[N+](C)(C)CCO.C[N+](C)(C)CCO.[Cl-]. The van der Waals surface area contributed by atoms with Crippen LogP contribution in [0.5, 0.6) is 0 Å². The van der Waals surface area contributed by atoms with Crippen molar-refractivity contribution in [2.75, 3.05) is 68.6 Å². The number of aliphatic hydroxyl groups excluding tert-OH is 2. The highest BCUT2D eigenvalue weighted by molar-refractivity contribution is 5.63. The van der Waals surface area contributed by atoms with Crippen LogP contribution in [0.2, 0.25) is 0 Å². The lowest BCUT2D eigenvalue weighted by Crippen LogP contribution is -3.00. The van der Waals surface area contributed by atoms with Crippen LogP contribution in [0.3, 0.4) is 0 Å². The predicted molar refractivity (Wildman–Crippen MR) is 145 cm³/mol. The summed E-state index contributed by atoms with van der Waals surface area (Å²) in [6.07, 6.45) is 19.9. The van der Waals surface area contributed by atoms with Gasteiger partial charge in [0.1, 0.15) is 13.1 Å². The number of carbonyl (C=O) groups excluding carboxylic acids is 1. The van der Waals surface area contributed by atoms with Gasteiger partial charge in [0.25, 0.3) is 0 Å². The van der Waals surface area contributed by atoms with Gasteiger partial charge in [-0.25, -0.2) is 0 Å². The molecule has 0 saturated carbocycles. The minimum atomic E-state index is -0.903. The second kappa shape index (κ2) is 29.8. The molecule has 0 aliphatic heterocycles. The molecule has 0 amide bonds. The van der Waals surface area contributed by atoms with Crippen LogP contribution in [0.1, 0.15) is 110 Å². The fraction of sp³-hybridized carbons (Fsp3) is 0.964. The second-order valence-electron chi connectivity index (χ2n) is 11.5. The number of carboxylic acids is 1. The number of nitrogens with zero attached hydrogens (tertiary/aromatic N) is 2. The maximum atomic E-state index is 10.2. The first-order valence-corrected chi connectivity index (χ1v) is 13.9. The number of quaternary nitrogens is 2. The summed E-state index contributed by atoms with van der Waals surface area (Å²) in [7, 11) is 12.3. The Kier molecular flexibility index (Phi) is 35.6. The summed E-state index contributed by atoms with van der Waals surface area (Å²) >= 11 is 0. The summed E-state index contributed by atoms with van der Waals surface area (Å²) < 4.78 is 1.69. The van der Waals surface area contributed by atoms with E-state index in [1.54, 1.807) is 0 Å². The molecule has 0 aromatic carbocycles. The summed E-state index contributed by atoms with van der Waals surface area (Å²) in [5.41, 5.74) is 0. The van der Waals surface area contributed by atoms with Gasteiger partial charge in [-0.1, -0.05) is 96.8 Å². The molecule has 0 fully saturated rings. The van der Waals surface area contributed by atoms with E-state index < -0.39 is 5.97 Å². The maximum Gasteiger partial charge on any atom is 0.101 e. The van der Waals surface area contributed by atoms with Gasteiger partial charge in [0.2, 0.25) is 0 Å². The van der Waals surface area contributed by atoms with Crippen LogP contribution in [0.25, 0.3) is 0 Å². The number of carbonyl (C=O) groups is 1. The Bertz CT molecular complexity index is 395. The Morgan fingerprint density at radius 2 is 0.829 bits per heavy atom. The van der Waals surface area contributed by atoms with Crippen LogP contribution < -0.4 is 17.5 Å². The summed E-state index contributed by atoms with van der Waals surface area (Å²) in [5, 5.41) is 27.0. The van der Waals surface area contributed by atoms with Crippen LogP contribution in [0, 0.1) is 0 Å². The zero-order valence-electron chi connectivity index (χ0n) is 24.6. The van der Waals surface area contributed by atoms with Gasteiger partial charge in [-0.3, -0.25) is 0 Å². The number of halogens is 1. The van der Waals surface area contributed by atoms with E-state index >= 15 is 0 Å². The maximum absolute atomic E-state index is 10.2. The number of aliphatic hydroxyl groups is 2. The average molecular weight is 527 g/mol. The lowest BCUT2D eigenvalue weighted by atomic mass is 10.0. The number of likely N-dealkylation sites (N-methyl/N-ethyl adjacent to an activating group) is 2. The first-order valence-electron chi connectivity index (χ1n) is 13.9. The Hall–Kier alpha value is -0.400. The van der Waals surface area contributed by atoms with Gasteiger partial charge in [-0.15, -0.1) is 0 Å². The Balaban J connectivity index is -0.000000263. The van der Waals surface area contributed by atoms with Crippen molar-refractivity contribution in [1.29, 1.82) is 0 Å². The molecule has 35 heavy (non-hydrogen) atoms. The monoisotopic (exact) mass is 526 g/mol. The molecule has 0 aliphatic rings. The van der Waals surface area contributed by atoms with Gasteiger partial charge in [-0.2, -0.15) is 0 Å². The predicted octanol–water partition coefficient (Wildman–Crippen LogP) is 1.37. The van der Waals surface area contributed by atoms with E-state index in [-0.39, 0.29) is 32.0 Å². The van der Waals surface area contributed by atoms with Crippen molar-refractivity contribution in [2.45, 2.75) is 110 Å². The van der Waals surface area contributed by atoms with Crippen molar-refractivity contribution in [3.8, 4) is 0 Å². The van der Waals surface area contributed by atoms with Crippen LogP contribution >= 0.6 is 0 Å². The largest absolute Gasteiger partial charge is 1.00 e. The fourth-order valence-corrected chi connectivity index (χ4v) is 3.24. The molecule has 0 aromatic heterocycles. The van der Waals surface area contributed by atoms with Crippen LogP contribution in [-0.4, -0.2) is 93.7 Å². The van der Waals surface area contributed by atoms with Gasteiger partial charge in [0.05, 0.1) is 55.5 Å². The minimum absolute atomic E-state index is 0. The molecular formula is C28H63ClN2O4. The number of unbranched alkanes of at least 4 members (excludes halogenated alkanes) is 14. The number of carboxylic acid groups (broad SMARTS) is 1. The zero-order valence-corrected chi connectivity index (χ0v) is 25.4. The topological polar surface area (TPSA) is 80.6 Å². The quantitative estimate of drug-likeness (QED) is 0.185. The third kappa shape index (κ3) is 55.4. The number of hydrogen-bond donors (Lipinski definition) is 2. The molecule has 2 N–H and O–H groups in total. The van der Waals surface area contributed by atoms with E-state index in [0.717, 1.165) is 34.9 Å². The lowest BCUT2D eigenvalue weighted by molar-refractivity contribution is -0.870. The highest BCUT2D eigenvalue weighted by Crippen LogP contribution is 2.13. The van der Waals surface area contributed by atoms with E-state index in [9.17, 15) is 9.90 Å². The summed E-state index contributed by atoms with van der Waals surface area (Å²) in [5.74, 6) is -0.903. The molecule has 0 bridgehead atoms. The molecule has 6 nitrogen and oxygen atoms in total. The molecule has 0 radical (unpaired) electrons. The molecule has 0 heterocycles. The molecule has 7 heteroatoms. The number of hydrogen-bond acceptors (Lipinski definition) is 4. The third-order valence-corrected chi connectivity index (χ3v) is 5.53. The second-order valence-corrected chi connectivity index (χ2v) is 11.5. The first kappa shape index (κ1) is 41.7.